The average molecular weight is 549 g/mol. The first-order chi connectivity index (χ1) is 19.3. The first-order valence-corrected chi connectivity index (χ1v) is 14.8. The molecule has 40 heavy (non-hydrogen) atoms. The number of carbonyl (C=O) groups excluding carboxylic acids is 3. The van der Waals surface area contributed by atoms with Gasteiger partial charge in [0.1, 0.15) is 12.3 Å². The lowest BCUT2D eigenvalue weighted by Gasteiger charge is -2.39. The molecule has 1 aromatic heterocycles. The summed E-state index contributed by atoms with van der Waals surface area (Å²) in [6, 6.07) is 6.86. The second-order valence-electron chi connectivity index (χ2n) is 12.9. The van der Waals surface area contributed by atoms with Crippen molar-refractivity contribution in [3.63, 3.8) is 0 Å². The Hall–Kier alpha value is -3.20. The molecule has 9 nitrogen and oxygen atoms in total. The molecule has 2 atom stereocenters. The number of rotatable bonds is 11. The normalized spacial score (nSPS) is 24.3. The summed E-state index contributed by atoms with van der Waals surface area (Å²) in [6.07, 6.45) is 9.82. The Bertz CT molecular complexity index is 1260. The lowest BCUT2D eigenvalue weighted by Crippen LogP contribution is -2.50. The topological polar surface area (TPSA) is 123 Å². The van der Waals surface area contributed by atoms with Crippen LogP contribution in [0.3, 0.4) is 0 Å². The fourth-order valence-electron chi connectivity index (χ4n) is 6.58. The molecule has 6 rings (SSSR count). The molecule has 1 saturated heterocycles. The van der Waals surface area contributed by atoms with Crippen molar-refractivity contribution in [1.82, 2.24) is 15.8 Å². The fourth-order valence-corrected chi connectivity index (χ4v) is 6.58. The van der Waals surface area contributed by atoms with Crippen LogP contribution in [0.4, 0.5) is 5.69 Å². The Morgan fingerprint density at radius 2 is 1.85 bits per heavy atom. The Morgan fingerprint density at radius 3 is 2.42 bits per heavy atom. The molecule has 0 spiro atoms. The van der Waals surface area contributed by atoms with Crippen LogP contribution in [0.1, 0.15) is 79.9 Å². The second-order valence-corrected chi connectivity index (χ2v) is 12.9. The molecule has 1 aromatic carbocycles. The van der Waals surface area contributed by atoms with Crippen LogP contribution in [0.25, 0.3) is 0 Å². The van der Waals surface area contributed by atoms with E-state index in [0.29, 0.717) is 49.3 Å². The lowest BCUT2D eigenvalue weighted by atomic mass is 9.70. The maximum absolute atomic E-state index is 13.8. The van der Waals surface area contributed by atoms with E-state index in [9.17, 15) is 14.4 Å². The zero-order chi connectivity index (χ0) is 27.9. The lowest BCUT2D eigenvalue weighted by molar-refractivity contribution is -0.127. The van der Waals surface area contributed by atoms with Crippen molar-refractivity contribution in [2.75, 3.05) is 25.1 Å². The van der Waals surface area contributed by atoms with Crippen molar-refractivity contribution in [2.45, 2.75) is 76.7 Å². The smallest absolute Gasteiger partial charge is 0.274 e. The Balaban J connectivity index is 1.21. The number of nitrogens with zero attached hydrogens (tertiary/aromatic N) is 1. The van der Waals surface area contributed by atoms with Gasteiger partial charge in [-0.2, -0.15) is 0 Å². The van der Waals surface area contributed by atoms with E-state index in [1.807, 2.05) is 24.3 Å². The van der Waals surface area contributed by atoms with Crippen LogP contribution in [-0.4, -0.2) is 48.7 Å². The highest BCUT2D eigenvalue weighted by Crippen LogP contribution is 2.51. The van der Waals surface area contributed by atoms with Gasteiger partial charge in [-0.1, -0.05) is 30.6 Å². The molecule has 0 radical (unpaired) electrons. The van der Waals surface area contributed by atoms with Gasteiger partial charge in [-0.25, -0.2) is 0 Å². The molecule has 4 aliphatic rings. The molecule has 214 valence electrons. The molecular formula is C31H40N4O5. The summed E-state index contributed by atoms with van der Waals surface area (Å²) >= 11 is 0. The first-order valence-electron chi connectivity index (χ1n) is 14.8. The van der Waals surface area contributed by atoms with Gasteiger partial charge in [0.2, 0.25) is 11.8 Å². The number of nitrogens with one attached hydrogen (secondary N) is 3. The predicted molar refractivity (Wildman–Crippen MR) is 149 cm³/mol. The van der Waals surface area contributed by atoms with Crippen molar-refractivity contribution < 1.29 is 23.6 Å². The minimum absolute atomic E-state index is 0.0164. The summed E-state index contributed by atoms with van der Waals surface area (Å²) in [5.74, 6) is 0.312. The number of benzene rings is 1. The van der Waals surface area contributed by atoms with Crippen LogP contribution >= 0.6 is 0 Å². The molecular weight excluding hydrogens is 508 g/mol. The number of ether oxygens (including phenoxy) is 1. The second kappa shape index (κ2) is 10.7. The molecule has 0 bridgehead atoms. The molecule has 1 unspecified atom stereocenters. The largest absolute Gasteiger partial charge is 0.380 e. The number of anilines is 1. The molecule has 9 heteroatoms. The number of aromatic nitrogens is 1. The fraction of sp³-hybridized carbons (Fsp3) is 0.613. The van der Waals surface area contributed by atoms with E-state index in [1.165, 1.54) is 12.7 Å². The molecule has 2 heterocycles. The summed E-state index contributed by atoms with van der Waals surface area (Å²) in [5.41, 5.74) is 1.66. The maximum atomic E-state index is 13.8. The Labute approximate surface area is 235 Å². The molecule has 1 aliphatic heterocycles. The third-order valence-electron chi connectivity index (χ3n) is 9.62. The summed E-state index contributed by atoms with van der Waals surface area (Å²) in [5, 5.41) is 13.1. The van der Waals surface area contributed by atoms with Gasteiger partial charge in [-0.05, 0) is 92.7 Å². The van der Waals surface area contributed by atoms with E-state index in [1.54, 1.807) is 6.92 Å². The number of hydrogen-bond acceptors (Lipinski definition) is 6. The van der Waals surface area contributed by atoms with Crippen LogP contribution in [0.2, 0.25) is 0 Å². The highest BCUT2D eigenvalue weighted by atomic mass is 16.5. The van der Waals surface area contributed by atoms with Crippen LogP contribution in [0, 0.1) is 30.1 Å². The van der Waals surface area contributed by atoms with Gasteiger partial charge in [0.15, 0.2) is 5.69 Å². The average Bonchev–Trinajstić information content (AvgIpc) is 3.85. The van der Waals surface area contributed by atoms with Crippen molar-refractivity contribution in [3.05, 3.63) is 47.3 Å². The molecule has 3 aliphatic carbocycles. The van der Waals surface area contributed by atoms with E-state index in [0.717, 1.165) is 44.1 Å². The molecule has 4 fully saturated rings. The van der Waals surface area contributed by atoms with Gasteiger partial charge in [-0.15, -0.1) is 0 Å². The summed E-state index contributed by atoms with van der Waals surface area (Å²) < 4.78 is 10.7. The van der Waals surface area contributed by atoms with Crippen molar-refractivity contribution >= 4 is 23.4 Å². The summed E-state index contributed by atoms with van der Waals surface area (Å²) in [7, 11) is 0. The van der Waals surface area contributed by atoms with Crippen molar-refractivity contribution in [2.24, 2.45) is 23.2 Å². The summed E-state index contributed by atoms with van der Waals surface area (Å²) in [6.45, 7) is 5.48. The van der Waals surface area contributed by atoms with Gasteiger partial charge < -0.3 is 25.2 Å². The van der Waals surface area contributed by atoms with Crippen molar-refractivity contribution in [1.29, 1.82) is 0 Å². The van der Waals surface area contributed by atoms with Gasteiger partial charge in [-0.3, -0.25) is 14.4 Å². The third-order valence-corrected chi connectivity index (χ3v) is 9.62. The van der Waals surface area contributed by atoms with Crippen LogP contribution in [0.5, 0.6) is 0 Å². The van der Waals surface area contributed by atoms with E-state index < -0.39 is 17.4 Å². The quantitative estimate of drug-likeness (QED) is 0.388. The minimum Gasteiger partial charge on any atom is -0.380 e. The molecule has 2 aromatic rings. The van der Waals surface area contributed by atoms with Crippen LogP contribution in [-0.2, 0) is 19.7 Å². The van der Waals surface area contributed by atoms with E-state index in [-0.39, 0.29) is 28.8 Å². The van der Waals surface area contributed by atoms with Gasteiger partial charge in [0.25, 0.3) is 5.91 Å². The molecule has 3 amide bonds. The first kappa shape index (κ1) is 27.0. The maximum Gasteiger partial charge on any atom is 0.274 e. The SMILES string of the molecule is Cc1conc1C(=O)N[C@H](C(=O)Nc1cccc(C2(C(=O)NCC3(C)CCC3)CCOC2)c1)C(C1CC1)C1CC1. The van der Waals surface area contributed by atoms with Gasteiger partial charge in [0.05, 0.1) is 12.0 Å². The van der Waals surface area contributed by atoms with Gasteiger partial charge >= 0.3 is 0 Å². The van der Waals surface area contributed by atoms with E-state index >= 15 is 0 Å². The zero-order valence-corrected chi connectivity index (χ0v) is 23.5. The number of hydrogen-bond donors (Lipinski definition) is 3. The monoisotopic (exact) mass is 548 g/mol. The van der Waals surface area contributed by atoms with E-state index in [2.05, 4.69) is 28.0 Å². The number of carbonyl (C=O) groups is 3. The minimum atomic E-state index is -0.788. The predicted octanol–water partition coefficient (Wildman–Crippen LogP) is 4.12. The highest BCUT2D eigenvalue weighted by molar-refractivity contribution is 6.01. The van der Waals surface area contributed by atoms with Gasteiger partial charge in [0, 0.05) is 24.4 Å². The standard InChI is InChI=1S/C31H40N4O5/c1-19-16-40-35-25(19)27(36)34-26(24(20-7-8-20)21-9-10-21)28(37)33-23-6-3-5-22(15-23)31(13-14-39-18-31)29(38)32-17-30(2)11-4-12-30/h3,5-6,15-16,20-21,24,26H,4,7-14,17-18H2,1-2H3,(H,32,38)(H,33,37)(H,34,36)/t26-,31?/m0/s1. The molecule has 3 N–H and O–H groups in total. The Kier molecular flexibility index (Phi) is 7.19. The Morgan fingerprint density at radius 1 is 1.10 bits per heavy atom. The molecule has 3 saturated carbocycles. The van der Waals surface area contributed by atoms with Crippen LogP contribution < -0.4 is 16.0 Å². The summed E-state index contributed by atoms with van der Waals surface area (Å²) in [4.78, 5) is 40.5. The number of amides is 3. The zero-order valence-electron chi connectivity index (χ0n) is 23.5. The van der Waals surface area contributed by atoms with Crippen LogP contribution in [0.15, 0.2) is 35.1 Å². The van der Waals surface area contributed by atoms with E-state index in [4.69, 9.17) is 9.26 Å². The number of aryl methyl sites for hydroxylation is 1. The third kappa shape index (κ3) is 5.40. The van der Waals surface area contributed by atoms with Crippen molar-refractivity contribution in [3.8, 4) is 0 Å². The highest BCUT2D eigenvalue weighted by Gasteiger charge is 2.49.